The zero-order valence-electron chi connectivity index (χ0n) is 16.2. The first-order valence-corrected chi connectivity index (χ1v) is 9.92. The summed E-state index contributed by atoms with van der Waals surface area (Å²) in [6.45, 7) is 13.2. The molecule has 0 aromatic heterocycles. The first kappa shape index (κ1) is 19.5. The lowest BCUT2D eigenvalue weighted by Gasteiger charge is -2.42. The van der Waals surface area contributed by atoms with Gasteiger partial charge in [-0.15, -0.1) is 0 Å². The molecule has 1 aromatic rings. The zero-order valence-corrected chi connectivity index (χ0v) is 17.0. The maximum Gasteiger partial charge on any atom is 0.239 e. The van der Waals surface area contributed by atoms with E-state index in [1.165, 1.54) is 11.3 Å². The third kappa shape index (κ3) is 4.33. The fourth-order valence-corrected chi connectivity index (χ4v) is 4.22. The Morgan fingerprint density at radius 3 is 2.38 bits per heavy atom. The molecule has 2 fully saturated rings. The molecular formula is C20H30ClN3O2. The molecule has 5 nitrogen and oxygen atoms in total. The van der Waals surface area contributed by atoms with E-state index in [9.17, 15) is 4.79 Å². The lowest BCUT2D eigenvalue weighted by molar-refractivity contribution is -0.148. The Hall–Kier alpha value is -1.30. The van der Waals surface area contributed by atoms with Crippen LogP contribution in [0.4, 0.5) is 5.69 Å². The highest BCUT2D eigenvalue weighted by Gasteiger charge is 2.32. The van der Waals surface area contributed by atoms with Crippen molar-refractivity contribution >= 4 is 23.2 Å². The second-order valence-electron chi connectivity index (χ2n) is 7.63. The van der Waals surface area contributed by atoms with Gasteiger partial charge in [0.25, 0.3) is 0 Å². The van der Waals surface area contributed by atoms with Gasteiger partial charge in [0.05, 0.1) is 18.2 Å². The van der Waals surface area contributed by atoms with Crippen molar-refractivity contribution < 1.29 is 9.53 Å². The van der Waals surface area contributed by atoms with Crippen LogP contribution in [0.1, 0.15) is 26.3 Å². The van der Waals surface area contributed by atoms with Crippen molar-refractivity contribution in [3.63, 3.8) is 0 Å². The van der Waals surface area contributed by atoms with Crippen molar-refractivity contribution in [3.05, 3.63) is 28.8 Å². The molecule has 2 aliphatic heterocycles. The average molecular weight is 380 g/mol. The van der Waals surface area contributed by atoms with E-state index in [4.69, 9.17) is 16.3 Å². The predicted molar refractivity (Wildman–Crippen MR) is 106 cm³/mol. The number of carbonyl (C=O) groups is 1. The van der Waals surface area contributed by atoms with E-state index in [0.717, 1.165) is 31.2 Å². The van der Waals surface area contributed by atoms with Gasteiger partial charge in [-0.3, -0.25) is 9.69 Å². The van der Waals surface area contributed by atoms with Gasteiger partial charge in [0, 0.05) is 50.0 Å². The molecule has 1 amide bonds. The Labute approximate surface area is 161 Å². The molecule has 0 spiro atoms. The number of piperazine rings is 1. The van der Waals surface area contributed by atoms with Gasteiger partial charge in [-0.05, 0) is 45.4 Å². The number of anilines is 1. The van der Waals surface area contributed by atoms with Crippen molar-refractivity contribution in [2.24, 2.45) is 0 Å². The van der Waals surface area contributed by atoms with Crippen LogP contribution >= 0.6 is 11.6 Å². The van der Waals surface area contributed by atoms with E-state index in [2.05, 4.69) is 22.8 Å². The number of carbonyl (C=O) groups excluding carboxylic acids is 1. The lowest BCUT2D eigenvalue weighted by atomic mass is 10.1. The van der Waals surface area contributed by atoms with Crippen LogP contribution in [0.15, 0.2) is 18.2 Å². The molecule has 3 rings (SSSR count). The Bertz CT molecular complexity index is 636. The van der Waals surface area contributed by atoms with Gasteiger partial charge in [-0.2, -0.15) is 0 Å². The minimum atomic E-state index is -0.0879. The fraction of sp³-hybridized carbons (Fsp3) is 0.650. The molecule has 6 heteroatoms. The number of halogens is 1. The minimum absolute atomic E-state index is 0.0879. The van der Waals surface area contributed by atoms with Crippen molar-refractivity contribution in [2.45, 2.75) is 45.9 Å². The summed E-state index contributed by atoms with van der Waals surface area (Å²) >= 11 is 6.17. The Balaban J connectivity index is 1.58. The van der Waals surface area contributed by atoms with Crippen LogP contribution in [-0.4, -0.2) is 73.2 Å². The van der Waals surface area contributed by atoms with E-state index in [0.29, 0.717) is 13.1 Å². The number of hydrogen-bond donors (Lipinski definition) is 0. The van der Waals surface area contributed by atoms with Crippen molar-refractivity contribution in [3.8, 4) is 0 Å². The molecule has 0 N–H and O–H groups in total. The van der Waals surface area contributed by atoms with Crippen LogP contribution in [0.5, 0.6) is 0 Å². The summed E-state index contributed by atoms with van der Waals surface area (Å²) in [5.74, 6) is 0.222. The third-order valence-corrected chi connectivity index (χ3v) is 5.70. The van der Waals surface area contributed by atoms with E-state index in [-0.39, 0.29) is 24.2 Å². The normalized spacial score (nSPS) is 26.0. The number of hydrogen-bond acceptors (Lipinski definition) is 4. The number of nitrogens with zero attached hydrogens (tertiary/aromatic N) is 3. The fourth-order valence-electron chi connectivity index (χ4n) is 4.05. The highest BCUT2D eigenvalue weighted by molar-refractivity contribution is 6.30. The monoisotopic (exact) mass is 379 g/mol. The van der Waals surface area contributed by atoms with Crippen LogP contribution < -0.4 is 4.90 Å². The van der Waals surface area contributed by atoms with Crippen LogP contribution in [0.3, 0.4) is 0 Å². The van der Waals surface area contributed by atoms with E-state index in [1.807, 2.05) is 37.8 Å². The molecule has 26 heavy (non-hydrogen) atoms. The Morgan fingerprint density at radius 1 is 1.15 bits per heavy atom. The van der Waals surface area contributed by atoms with Gasteiger partial charge in [0.1, 0.15) is 0 Å². The third-order valence-electron chi connectivity index (χ3n) is 5.46. The lowest BCUT2D eigenvalue weighted by Crippen LogP contribution is -2.57. The predicted octanol–water partition coefficient (Wildman–Crippen LogP) is 2.79. The summed E-state index contributed by atoms with van der Waals surface area (Å²) in [6, 6.07) is 5.95. The molecule has 0 radical (unpaired) electrons. The number of amides is 1. The van der Waals surface area contributed by atoms with Crippen LogP contribution in [0.25, 0.3) is 0 Å². The summed E-state index contributed by atoms with van der Waals surface area (Å²) in [5, 5.41) is 0.770. The number of ether oxygens (including phenoxy) is 1. The van der Waals surface area contributed by atoms with E-state index in [1.54, 1.807) is 0 Å². The molecule has 3 atom stereocenters. The number of benzene rings is 1. The Morgan fingerprint density at radius 2 is 1.77 bits per heavy atom. The maximum absolute atomic E-state index is 12.9. The van der Waals surface area contributed by atoms with Crippen LogP contribution in [0, 0.1) is 6.92 Å². The van der Waals surface area contributed by atoms with Gasteiger partial charge >= 0.3 is 0 Å². The molecule has 144 valence electrons. The highest BCUT2D eigenvalue weighted by atomic mass is 35.5. The molecular weight excluding hydrogens is 350 g/mol. The minimum Gasteiger partial charge on any atom is -0.372 e. The van der Waals surface area contributed by atoms with Gasteiger partial charge in [0.15, 0.2) is 0 Å². The van der Waals surface area contributed by atoms with Crippen LogP contribution in [0.2, 0.25) is 5.02 Å². The van der Waals surface area contributed by atoms with E-state index >= 15 is 0 Å². The molecule has 0 aliphatic carbocycles. The van der Waals surface area contributed by atoms with Crippen LogP contribution in [-0.2, 0) is 9.53 Å². The number of rotatable bonds is 3. The standard InChI is InChI=1S/C20H30ClN3O2/c1-14-5-6-18(21)11-19(14)23-9-7-22(8-10-23)17(4)20(25)24-12-15(2)26-16(3)13-24/h5-6,11,15-17H,7-10,12-13H2,1-4H3. The number of aryl methyl sites for hydroxylation is 1. The second-order valence-corrected chi connectivity index (χ2v) is 8.07. The summed E-state index contributed by atoms with van der Waals surface area (Å²) in [4.78, 5) is 19.6. The van der Waals surface area contributed by atoms with E-state index < -0.39 is 0 Å². The molecule has 2 saturated heterocycles. The smallest absolute Gasteiger partial charge is 0.239 e. The summed E-state index contributed by atoms with van der Waals surface area (Å²) < 4.78 is 5.75. The quantitative estimate of drug-likeness (QED) is 0.809. The van der Waals surface area contributed by atoms with Gasteiger partial charge < -0.3 is 14.5 Å². The second kappa shape index (κ2) is 8.15. The highest BCUT2D eigenvalue weighted by Crippen LogP contribution is 2.26. The molecule has 0 saturated carbocycles. The maximum atomic E-state index is 12.9. The first-order chi connectivity index (χ1) is 12.3. The number of morpholine rings is 1. The summed E-state index contributed by atoms with van der Waals surface area (Å²) in [7, 11) is 0. The average Bonchev–Trinajstić information content (AvgIpc) is 2.62. The van der Waals surface area contributed by atoms with Crippen molar-refractivity contribution in [2.75, 3.05) is 44.2 Å². The SMILES string of the molecule is Cc1ccc(Cl)cc1N1CCN(C(C)C(=O)N2CC(C)OC(C)C2)CC1. The zero-order chi connectivity index (χ0) is 18.8. The van der Waals surface area contributed by atoms with Gasteiger partial charge in [-0.1, -0.05) is 17.7 Å². The van der Waals surface area contributed by atoms with Gasteiger partial charge in [0.2, 0.25) is 5.91 Å². The molecule has 0 bridgehead atoms. The van der Waals surface area contributed by atoms with Gasteiger partial charge in [-0.25, -0.2) is 0 Å². The summed E-state index contributed by atoms with van der Waals surface area (Å²) in [5.41, 5.74) is 2.44. The van der Waals surface area contributed by atoms with Crippen molar-refractivity contribution in [1.29, 1.82) is 0 Å². The molecule has 3 unspecified atom stereocenters. The topological polar surface area (TPSA) is 36.0 Å². The largest absolute Gasteiger partial charge is 0.372 e. The molecule has 1 aromatic carbocycles. The first-order valence-electron chi connectivity index (χ1n) is 9.54. The molecule has 2 heterocycles. The summed E-state index contributed by atoms with van der Waals surface area (Å²) in [6.07, 6.45) is 0.218. The molecule has 2 aliphatic rings. The van der Waals surface area contributed by atoms with Crippen molar-refractivity contribution in [1.82, 2.24) is 9.80 Å². The Kier molecular flexibility index (Phi) is 6.10.